The highest BCUT2D eigenvalue weighted by Crippen LogP contribution is 2.23. The summed E-state index contributed by atoms with van der Waals surface area (Å²) < 4.78 is 5.42. The van der Waals surface area contributed by atoms with Gasteiger partial charge in [0.25, 0.3) is 0 Å². The molecule has 1 saturated heterocycles. The summed E-state index contributed by atoms with van der Waals surface area (Å²) in [6, 6.07) is 3.97. The average molecular weight is 401 g/mol. The van der Waals surface area contributed by atoms with Crippen LogP contribution in [0.1, 0.15) is 50.8 Å². The highest BCUT2D eigenvalue weighted by atomic mass is 32.1. The van der Waals surface area contributed by atoms with Crippen LogP contribution in [0.4, 0.5) is 0 Å². The number of carbonyl (C=O) groups is 1. The van der Waals surface area contributed by atoms with Crippen molar-refractivity contribution in [1.29, 1.82) is 0 Å². The second kappa shape index (κ2) is 9.47. The minimum Gasteiger partial charge on any atom is -0.356 e. The van der Waals surface area contributed by atoms with E-state index in [1.165, 1.54) is 31.3 Å². The van der Waals surface area contributed by atoms with Gasteiger partial charge in [0.2, 0.25) is 17.6 Å². The maximum Gasteiger partial charge on any atom is 0.241 e. The van der Waals surface area contributed by atoms with E-state index in [1.54, 1.807) is 11.3 Å². The molecule has 4 rings (SSSR count). The summed E-state index contributed by atoms with van der Waals surface area (Å²) in [5, 5.41) is 9.23. The molecule has 0 spiro atoms. The molecule has 1 atom stereocenters. The van der Waals surface area contributed by atoms with Crippen LogP contribution in [0.25, 0.3) is 10.7 Å². The van der Waals surface area contributed by atoms with Gasteiger partial charge in [0.15, 0.2) is 0 Å². The Kier molecular flexibility index (Phi) is 6.54. The van der Waals surface area contributed by atoms with E-state index in [0.717, 1.165) is 43.8 Å². The number of carbonyl (C=O) groups excluding carboxylic acids is 1. The fourth-order valence-electron chi connectivity index (χ4n) is 4.05. The van der Waals surface area contributed by atoms with Crippen LogP contribution >= 0.6 is 11.3 Å². The lowest BCUT2D eigenvalue weighted by molar-refractivity contribution is -0.126. The Hall–Kier alpha value is -1.99. The van der Waals surface area contributed by atoms with Crippen LogP contribution in [0.2, 0.25) is 0 Å². The Labute approximate surface area is 170 Å². The molecule has 28 heavy (non-hydrogen) atoms. The van der Waals surface area contributed by atoms with Crippen molar-refractivity contribution >= 4 is 17.2 Å². The summed E-state index contributed by atoms with van der Waals surface area (Å²) in [5.41, 5.74) is 1.51. The molecule has 1 unspecified atom stereocenters. The van der Waals surface area contributed by atoms with E-state index in [9.17, 15) is 4.79 Å². The number of hydrogen-bond acceptors (Lipinski definition) is 6. The SMILES string of the molecule is O=C(NCCC1=CCCCC1)C1CCCN(Cc2nc(-c3cccs3)no2)C1. The number of nitrogens with zero attached hydrogens (tertiary/aromatic N) is 3. The van der Waals surface area contributed by atoms with Crippen LogP contribution in [-0.2, 0) is 11.3 Å². The molecular formula is C21H28N4O2S. The van der Waals surface area contributed by atoms with E-state index in [-0.39, 0.29) is 11.8 Å². The zero-order valence-electron chi connectivity index (χ0n) is 16.2. The van der Waals surface area contributed by atoms with Gasteiger partial charge >= 0.3 is 0 Å². The van der Waals surface area contributed by atoms with Crippen molar-refractivity contribution in [1.82, 2.24) is 20.4 Å². The van der Waals surface area contributed by atoms with E-state index in [1.807, 2.05) is 17.5 Å². The van der Waals surface area contributed by atoms with Crippen molar-refractivity contribution in [2.75, 3.05) is 19.6 Å². The van der Waals surface area contributed by atoms with Gasteiger partial charge in [-0.25, -0.2) is 0 Å². The molecule has 150 valence electrons. The number of thiophene rings is 1. The number of hydrogen-bond donors (Lipinski definition) is 1. The van der Waals surface area contributed by atoms with Crippen molar-refractivity contribution in [3.8, 4) is 10.7 Å². The third kappa shape index (κ3) is 5.08. The molecule has 0 aromatic carbocycles. The Balaban J connectivity index is 1.24. The highest BCUT2D eigenvalue weighted by molar-refractivity contribution is 7.13. The highest BCUT2D eigenvalue weighted by Gasteiger charge is 2.26. The van der Waals surface area contributed by atoms with Gasteiger partial charge in [-0.15, -0.1) is 11.3 Å². The first-order chi connectivity index (χ1) is 13.8. The van der Waals surface area contributed by atoms with Crippen LogP contribution in [0.3, 0.4) is 0 Å². The van der Waals surface area contributed by atoms with Crippen LogP contribution < -0.4 is 5.32 Å². The van der Waals surface area contributed by atoms with Gasteiger partial charge in [0.1, 0.15) is 0 Å². The molecule has 2 aromatic rings. The van der Waals surface area contributed by atoms with Crippen molar-refractivity contribution in [2.45, 2.75) is 51.5 Å². The summed E-state index contributed by atoms with van der Waals surface area (Å²) in [6.07, 6.45) is 10.3. The molecule has 2 aromatic heterocycles. The number of aromatic nitrogens is 2. The van der Waals surface area contributed by atoms with Crippen LogP contribution in [0.15, 0.2) is 33.7 Å². The Bertz CT molecular complexity index is 799. The standard InChI is InChI=1S/C21H28N4O2S/c26-21(22-11-10-16-6-2-1-3-7-16)17-8-4-12-25(14-17)15-19-23-20(24-27-19)18-9-5-13-28-18/h5-6,9,13,17H,1-4,7-8,10-12,14-15H2,(H,22,26). The topological polar surface area (TPSA) is 71.3 Å². The number of nitrogens with one attached hydrogen (secondary N) is 1. The van der Waals surface area contributed by atoms with Gasteiger partial charge < -0.3 is 9.84 Å². The van der Waals surface area contributed by atoms with E-state index in [4.69, 9.17) is 4.52 Å². The average Bonchev–Trinajstić information content (AvgIpc) is 3.41. The smallest absolute Gasteiger partial charge is 0.241 e. The van der Waals surface area contributed by atoms with E-state index < -0.39 is 0 Å². The monoisotopic (exact) mass is 400 g/mol. The molecule has 0 radical (unpaired) electrons. The molecule has 1 aliphatic carbocycles. The van der Waals surface area contributed by atoms with Gasteiger partial charge in [-0.2, -0.15) is 4.98 Å². The maximum absolute atomic E-state index is 12.6. The zero-order chi connectivity index (χ0) is 19.2. The van der Waals surface area contributed by atoms with Gasteiger partial charge in [-0.05, 0) is 62.9 Å². The van der Waals surface area contributed by atoms with E-state index in [2.05, 4.69) is 26.4 Å². The summed E-state index contributed by atoms with van der Waals surface area (Å²) in [6.45, 7) is 3.09. The number of piperidine rings is 1. The summed E-state index contributed by atoms with van der Waals surface area (Å²) in [4.78, 5) is 20.4. The lowest BCUT2D eigenvalue weighted by Crippen LogP contribution is -2.43. The molecule has 2 aliphatic rings. The number of rotatable bonds is 7. The minimum absolute atomic E-state index is 0.0498. The van der Waals surface area contributed by atoms with E-state index >= 15 is 0 Å². The predicted octanol–water partition coefficient (Wildman–Crippen LogP) is 4.02. The number of amides is 1. The lowest BCUT2D eigenvalue weighted by atomic mass is 9.96. The number of allylic oxidation sites excluding steroid dienone is 1. The van der Waals surface area contributed by atoms with Gasteiger partial charge in [0.05, 0.1) is 17.3 Å². The molecular weight excluding hydrogens is 372 g/mol. The van der Waals surface area contributed by atoms with Gasteiger partial charge in [0, 0.05) is 13.1 Å². The van der Waals surface area contributed by atoms with Gasteiger partial charge in [-0.1, -0.05) is 22.9 Å². The minimum atomic E-state index is 0.0498. The Morgan fingerprint density at radius 1 is 1.36 bits per heavy atom. The fourth-order valence-corrected chi connectivity index (χ4v) is 4.70. The molecule has 1 fully saturated rings. The first-order valence-electron chi connectivity index (χ1n) is 10.3. The van der Waals surface area contributed by atoms with Crippen molar-refractivity contribution in [3.63, 3.8) is 0 Å². The first kappa shape index (κ1) is 19.3. The molecule has 1 N–H and O–H groups in total. The molecule has 7 heteroatoms. The van der Waals surface area contributed by atoms with Crippen LogP contribution in [0, 0.1) is 5.92 Å². The van der Waals surface area contributed by atoms with Crippen molar-refractivity contribution in [3.05, 3.63) is 35.1 Å². The molecule has 0 bridgehead atoms. The second-order valence-corrected chi connectivity index (χ2v) is 8.66. The third-order valence-electron chi connectivity index (χ3n) is 5.58. The molecule has 1 aliphatic heterocycles. The lowest BCUT2D eigenvalue weighted by Gasteiger charge is -2.30. The quantitative estimate of drug-likeness (QED) is 0.711. The van der Waals surface area contributed by atoms with Gasteiger partial charge in [-0.3, -0.25) is 9.69 Å². The molecule has 3 heterocycles. The summed E-state index contributed by atoms with van der Waals surface area (Å²) >= 11 is 1.60. The first-order valence-corrected chi connectivity index (χ1v) is 11.2. The zero-order valence-corrected chi connectivity index (χ0v) is 17.0. The Morgan fingerprint density at radius 3 is 3.14 bits per heavy atom. The number of likely N-dealkylation sites (tertiary alicyclic amines) is 1. The van der Waals surface area contributed by atoms with Crippen LogP contribution in [0.5, 0.6) is 0 Å². The third-order valence-corrected chi connectivity index (χ3v) is 6.44. The fraction of sp³-hybridized carbons (Fsp3) is 0.571. The maximum atomic E-state index is 12.6. The molecule has 6 nitrogen and oxygen atoms in total. The summed E-state index contributed by atoms with van der Waals surface area (Å²) in [5.74, 6) is 1.50. The molecule has 0 saturated carbocycles. The van der Waals surface area contributed by atoms with Crippen molar-refractivity contribution < 1.29 is 9.32 Å². The summed E-state index contributed by atoms with van der Waals surface area (Å²) in [7, 11) is 0. The predicted molar refractivity (Wildman–Crippen MR) is 110 cm³/mol. The largest absolute Gasteiger partial charge is 0.356 e. The van der Waals surface area contributed by atoms with E-state index in [0.29, 0.717) is 18.3 Å². The van der Waals surface area contributed by atoms with Crippen molar-refractivity contribution in [2.24, 2.45) is 5.92 Å². The Morgan fingerprint density at radius 2 is 2.32 bits per heavy atom. The normalized spacial score (nSPS) is 20.7. The molecule has 1 amide bonds. The second-order valence-electron chi connectivity index (χ2n) is 7.71. The van der Waals surface area contributed by atoms with Crippen LogP contribution in [-0.4, -0.2) is 40.6 Å².